The molecule has 0 spiro atoms. The average Bonchev–Trinajstić information content (AvgIpc) is 2.23. The van der Waals surface area contributed by atoms with Gasteiger partial charge in [0.2, 0.25) is 5.78 Å². The van der Waals surface area contributed by atoms with Crippen molar-refractivity contribution in [1.29, 1.82) is 0 Å². The Morgan fingerprint density at radius 1 is 1.35 bits per heavy atom. The Morgan fingerprint density at radius 3 is 2.24 bits per heavy atom. The molecule has 0 saturated carbocycles. The number of rotatable bonds is 7. The molecule has 0 fully saturated rings. The Morgan fingerprint density at radius 2 is 1.88 bits per heavy atom. The Hall–Kier alpha value is -1.12. The fourth-order valence-electron chi connectivity index (χ4n) is 1.69. The van der Waals surface area contributed by atoms with E-state index in [4.69, 9.17) is 4.74 Å². The average molecular weight is 240 g/mol. The summed E-state index contributed by atoms with van der Waals surface area (Å²) in [4.78, 5) is 23.7. The minimum atomic E-state index is -0.728. The number of Topliss-reactive ketones (excluding diaryl/α,β-unsaturated/α-hetero) is 1. The molecule has 0 aliphatic rings. The zero-order valence-electron chi connectivity index (χ0n) is 11.6. The van der Waals surface area contributed by atoms with Gasteiger partial charge in [-0.3, -0.25) is 4.79 Å². The van der Waals surface area contributed by atoms with Crippen LogP contribution in [0.2, 0.25) is 0 Å². The zero-order valence-corrected chi connectivity index (χ0v) is 11.6. The highest BCUT2D eigenvalue weighted by Crippen LogP contribution is 2.32. The van der Waals surface area contributed by atoms with Crippen molar-refractivity contribution in [3.63, 3.8) is 0 Å². The first-order valence-electron chi connectivity index (χ1n) is 6.14. The molecule has 3 nitrogen and oxygen atoms in total. The third kappa shape index (κ3) is 4.72. The molecule has 1 atom stereocenters. The number of hydrogen-bond acceptors (Lipinski definition) is 3. The fourth-order valence-corrected chi connectivity index (χ4v) is 1.69. The smallest absolute Gasteiger partial charge is 0.375 e. The van der Waals surface area contributed by atoms with Gasteiger partial charge in [0.1, 0.15) is 0 Å². The SMILES string of the molecule is C=CC(C)(C)[C@@H](CCC)C(=O)C(=O)OC(C)C. The van der Waals surface area contributed by atoms with Crippen molar-refractivity contribution < 1.29 is 14.3 Å². The van der Waals surface area contributed by atoms with E-state index < -0.39 is 11.8 Å². The van der Waals surface area contributed by atoms with Gasteiger partial charge in [-0.2, -0.15) is 0 Å². The van der Waals surface area contributed by atoms with Crippen LogP contribution in [0.1, 0.15) is 47.5 Å². The fraction of sp³-hybridized carbons (Fsp3) is 0.714. The van der Waals surface area contributed by atoms with Gasteiger partial charge in [0.05, 0.1) is 6.10 Å². The molecule has 0 aromatic carbocycles. The van der Waals surface area contributed by atoms with Gasteiger partial charge in [-0.15, -0.1) is 6.58 Å². The van der Waals surface area contributed by atoms with Gasteiger partial charge in [-0.05, 0) is 25.7 Å². The van der Waals surface area contributed by atoms with Crippen LogP contribution in [-0.2, 0) is 14.3 Å². The first-order chi connectivity index (χ1) is 7.76. The number of ether oxygens (including phenoxy) is 1. The lowest BCUT2D eigenvalue weighted by atomic mass is 9.74. The highest BCUT2D eigenvalue weighted by atomic mass is 16.5. The van der Waals surface area contributed by atoms with Crippen molar-refractivity contribution >= 4 is 11.8 Å². The third-order valence-corrected chi connectivity index (χ3v) is 2.86. The van der Waals surface area contributed by atoms with Crippen LogP contribution in [0.5, 0.6) is 0 Å². The van der Waals surface area contributed by atoms with Crippen LogP contribution >= 0.6 is 0 Å². The van der Waals surface area contributed by atoms with Crippen LogP contribution in [0.25, 0.3) is 0 Å². The molecule has 0 radical (unpaired) electrons. The van der Waals surface area contributed by atoms with Crippen molar-refractivity contribution in [2.45, 2.75) is 53.6 Å². The molecular formula is C14H24O3. The van der Waals surface area contributed by atoms with Gasteiger partial charge in [-0.25, -0.2) is 4.79 Å². The van der Waals surface area contributed by atoms with Crippen molar-refractivity contribution in [2.75, 3.05) is 0 Å². The second-order valence-corrected chi connectivity index (χ2v) is 5.19. The van der Waals surface area contributed by atoms with E-state index in [1.54, 1.807) is 19.9 Å². The highest BCUT2D eigenvalue weighted by Gasteiger charge is 2.36. The molecular weight excluding hydrogens is 216 g/mol. The molecule has 3 heteroatoms. The van der Waals surface area contributed by atoms with Crippen molar-refractivity contribution in [2.24, 2.45) is 11.3 Å². The van der Waals surface area contributed by atoms with Crippen LogP contribution in [0, 0.1) is 11.3 Å². The monoisotopic (exact) mass is 240 g/mol. The maximum atomic E-state index is 12.1. The van der Waals surface area contributed by atoms with E-state index in [2.05, 4.69) is 6.58 Å². The number of ketones is 1. The number of carbonyl (C=O) groups is 2. The summed E-state index contributed by atoms with van der Waals surface area (Å²) in [6.45, 7) is 13.0. The molecule has 0 amide bonds. The molecule has 17 heavy (non-hydrogen) atoms. The normalized spacial score (nSPS) is 13.3. The van der Waals surface area contributed by atoms with E-state index in [1.165, 1.54) is 0 Å². The van der Waals surface area contributed by atoms with E-state index in [1.807, 2.05) is 20.8 Å². The van der Waals surface area contributed by atoms with Crippen molar-refractivity contribution in [3.8, 4) is 0 Å². The van der Waals surface area contributed by atoms with Crippen LogP contribution in [0.4, 0.5) is 0 Å². The van der Waals surface area contributed by atoms with Gasteiger partial charge in [-0.1, -0.05) is 33.3 Å². The molecule has 0 bridgehead atoms. The number of carbonyl (C=O) groups excluding carboxylic acids is 2. The largest absolute Gasteiger partial charge is 0.457 e. The van der Waals surface area contributed by atoms with Gasteiger partial charge >= 0.3 is 5.97 Å². The highest BCUT2D eigenvalue weighted by molar-refractivity contribution is 6.34. The quantitative estimate of drug-likeness (QED) is 0.390. The molecule has 0 aromatic heterocycles. The Kier molecular flexibility index (Phi) is 6.14. The maximum absolute atomic E-state index is 12.1. The lowest BCUT2D eigenvalue weighted by Gasteiger charge is -2.29. The Labute approximate surface area is 104 Å². The molecule has 0 heterocycles. The second kappa shape index (κ2) is 6.58. The summed E-state index contributed by atoms with van der Waals surface area (Å²) < 4.78 is 4.96. The first kappa shape index (κ1) is 15.9. The summed E-state index contributed by atoms with van der Waals surface area (Å²) in [5.41, 5.74) is -0.386. The number of hydrogen-bond donors (Lipinski definition) is 0. The summed E-state index contributed by atoms with van der Waals surface area (Å²) in [6.07, 6.45) is 2.99. The third-order valence-electron chi connectivity index (χ3n) is 2.86. The summed E-state index contributed by atoms with van der Waals surface area (Å²) in [5.74, 6) is -1.52. The molecule has 0 aromatic rings. The van der Waals surface area contributed by atoms with Gasteiger partial charge in [0.15, 0.2) is 0 Å². The van der Waals surface area contributed by atoms with Crippen LogP contribution in [0.15, 0.2) is 12.7 Å². The predicted molar refractivity (Wildman–Crippen MR) is 68.6 cm³/mol. The Bertz CT molecular complexity index is 290. The molecule has 0 rings (SSSR count). The summed E-state index contributed by atoms with van der Waals surface area (Å²) in [5, 5.41) is 0. The molecule has 0 saturated heterocycles. The van der Waals surface area contributed by atoms with E-state index in [0.717, 1.165) is 6.42 Å². The minimum Gasteiger partial charge on any atom is -0.457 e. The standard InChI is InChI=1S/C14H24O3/c1-7-9-11(14(5,6)8-2)12(15)13(16)17-10(3)4/h8,10-11H,2,7,9H2,1,3-6H3/t11-/m0/s1. The van der Waals surface area contributed by atoms with Crippen LogP contribution in [0.3, 0.4) is 0 Å². The van der Waals surface area contributed by atoms with Crippen molar-refractivity contribution in [3.05, 3.63) is 12.7 Å². The van der Waals surface area contributed by atoms with E-state index in [9.17, 15) is 9.59 Å². The molecule has 0 aliphatic carbocycles. The zero-order chi connectivity index (χ0) is 13.6. The molecule has 0 unspecified atom stereocenters. The van der Waals surface area contributed by atoms with Crippen molar-refractivity contribution in [1.82, 2.24) is 0 Å². The van der Waals surface area contributed by atoms with E-state index in [0.29, 0.717) is 6.42 Å². The lowest BCUT2D eigenvalue weighted by Crippen LogP contribution is -2.36. The summed E-state index contributed by atoms with van der Waals surface area (Å²) in [7, 11) is 0. The van der Waals surface area contributed by atoms with Gasteiger partial charge < -0.3 is 4.74 Å². The van der Waals surface area contributed by atoms with Crippen LogP contribution in [-0.4, -0.2) is 17.9 Å². The second-order valence-electron chi connectivity index (χ2n) is 5.19. The topological polar surface area (TPSA) is 43.4 Å². The van der Waals surface area contributed by atoms with E-state index in [-0.39, 0.29) is 17.4 Å². The number of allylic oxidation sites excluding steroid dienone is 1. The molecule has 0 aliphatic heterocycles. The predicted octanol–water partition coefficient (Wildman–Crippen LogP) is 3.14. The molecule has 0 N–H and O–H groups in total. The maximum Gasteiger partial charge on any atom is 0.375 e. The molecule has 98 valence electrons. The number of esters is 1. The lowest BCUT2D eigenvalue weighted by molar-refractivity contribution is -0.159. The Balaban J connectivity index is 4.89. The summed E-state index contributed by atoms with van der Waals surface area (Å²) in [6, 6.07) is 0. The van der Waals surface area contributed by atoms with Crippen LogP contribution < -0.4 is 0 Å². The summed E-state index contributed by atoms with van der Waals surface area (Å²) >= 11 is 0. The van der Waals surface area contributed by atoms with Gasteiger partial charge in [0.25, 0.3) is 0 Å². The van der Waals surface area contributed by atoms with Gasteiger partial charge in [0, 0.05) is 5.92 Å². The van der Waals surface area contributed by atoms with E-state index >= 15 is 0 Å². The first-order valence-corrected chi connectivity index (χ1v) is 6.14. The minimum absolute atomic E-state index is 0.263.